The van der Waals surface area contributed by atoms with Crippen LogP contribution >= 0.6 is 0 Å². The average molecular weight is 748 g/mol. The van der Waals surface area contributed by atoms with Crippen LogP contribution in [0.25, 0.3) is 0 Å². The Balaban J connectivity index is 0.00000287. The summed E-state index contributed by atoms with van der Waals surface area (Å²) in [5, 5.41) is 11.3. The monoisotopic (exact) mass is 748 g/mol. The summed E-state index contributed by atoms with van der Waals surface area (Å²) in [5.74, 6) is -3.01. The number of nitrogens with one attached hydrogen (secondary N) is 4. The fraction of sp³-hybridized carbons (Fsp3) is 0.744. The van der Waals surface area contributed by atoms with Crippen molar-refractivity contribution in [2.24, 2.45) is 17.3 Å². The van der Waals surface area contributed by atoms with E-state index in [1.807, 2.05) is 27.7 Å². The maximum atomic E-state index is 14.4. The summed E-state index contributed by atoms with van der Waals surface area (Å²) in [5.41, 5.74) is -0.693. The molecule has 1 aliphatic heterocycles. The molecule has 1 unspecified atom stereocenters. The van der Waals surface area contributed by atoms with Crippen LogP contribution in [0, 0.1) is 17.3 Å². The van der Waals surface area contributed by atoms with Crippen LogP contribution in [0.5, 0.6) is 0 Å². The molecule has 14 nitrogen and oxygen atoms in total. The number of carbonyl (C=O) groups excluding carboxylic acids is 6. The number of rotatable bonds is 13. The van der Waals surface area contributed by atoms with Gasteiger partial charge in [0.05, 0.1) is 12.2 Å². The Hall–Kier alpha value is -4.10. The van der Waals surface area contributed by atoms with Crippen molar-refractivity contribution in [1.82, 2.24) is 36.1 Å². The highest BCUT2D eigenvalue weighted by molar-refractivity contribution is 5.98. The number of aromatic nitrogens is 2. The molecule has 302 valence electrons. The van der Waals surface area contributed by atoms with Crippen molar-refractivity contribution in [2.45, 2.75) is 161 Å². The topological polar surface area (TPSA) is 189 Å². The molecule has 3 saturated carbocycles. The predicted octanol–water partition coefficient (Wildman–Crippen LogP) is 4.57. The maximum absolute atomic E-state index is 14.4. The first kappa shape index (κ1) is 41.7. The molecule has 4 aliphatic rings. The highest BCUT2D eigenvalue weighted by Crippen LogP contribution is 2.43. The normalized spacial score (nSPS) is 23.1. The molecule has 1 aromatic rings. The van der Waals surface area contributed by atoms with E-state index in [0.29, 0.717) is 19.4 Å². The Morgan fingerprint density at radius 1 is 0.906 bits per heavy atom. The molecule has 3 aliphatic carbocycles. The van der Waals surface area contributed by atoms with Gasteiger partial charge in [-0.15, -0.1) is 0 Å². The second kappa shape index (κ2) is 19.3. The molecule has 0 aromatic carbocycles. The first-order valence-corrected chi connectivity index (χ1v) is 19.7. The Morgan fingerprint density at radius 3 is 2.11 bits per heavy atom. The molecule has 0 spiro atoms. The standard InChI is InChI=1S/C33H49N7O7.C6H12.4H2/c1-7-9-23(26(47-19(3)41)31(45)37-21-12-13-21)38-30(44)25-22-11-8-10-20(22)17-40(25)32(46)27(33(4,5)6)39-28(42)18(2)36-29(43)24-16-34-14-15-35-24;1-2-4-6-5-3-1;;;;/h14-16,18,20-23,25-27H,7-13,17H2,1-6H3,(H,36,43)(H,37,45)(H,38,44)(H,39,42);1-6H2;4*1H/t18-,20-,22-,23-,25-,26?,27+;;;;;/m0...../s1. The van der Waals surface area contributed by atoms with Crippen molar-refractivity contribution in [3.05, 3.63) is 24.3 Å². The zero-order valence-electron chi connectivity index (χ0n) is 32.4. The second-order valence-electron chi connectivity index (χ2n) is 16.2. The SMILES string of the molecule is C1CCCCC1.CCC[C@H](NC(=O)[C@@H]1[C@H]2CCC[C@H]2CN1C(=O)[C@@H](NC(=O)[C@H](C)NC(=O)c1cnccn1)C(C)(C)C)C(OC(C)=O)C(=O)NC1CC1.[HH].[HH].[HH].[HH]. The number of esters is 1. The van der Waals surface area contributed by atoms with Crippen molar-refractivity contribution in [3.8, 4) is 0 Å². The molecule has 2 heterocycles. The molecule has 14 heteroatoms. The number of ether oxygens (including phenoxy) is 1. The molecule has 4 N–H and O–H groups in total. The van der Waals surface area contributed by atoms with E-state index in [1.54, 1.807) is 4.90 Å². The number of amides is 5. The van der Waals surface area contributed by atoms with Gasteiger partial charge in [0.2, 0.25) is 17.7 Å². The van der Waals surface area contributed by atoms with Crippen LogP contribution in [0.1, 0.15) is 141 Å². The number of hydrogen-bond acceptors (Lipinski definition) is 9. The van der Waals surface area contributed by atoms with Crippen LogP contribution in [0.2, 0.25) is 0 Å². The fourth-order valence-corrected chi connectivity index (χ4v) is 7.65. The van der Waals surface area contributed by atoms with Gasteiger partial charge in [-0.3, -0.25) is 33.8 Å². The van der Waals surface area contributed by atoms with Crippen LogP contribution in [-0.2, 0) is 28.7 Å². The summed E-state index contributed by atoms with van der Waals surface area (Å²) in [6, 6.07) is -3.58. The third-order valence-electron chi connectivity index (χ3n) is 10.6. The van der Waals surface area contributed by atoms with Gasteiger partial charge in [-0.05, 0) is 56.3 Å². The predicted molar refractivity (Wildman–Crippen MR) is 206 cm³/mol. The molecule has 4 fully saturated rings. The Labute approximate surface area is 320 Å². The van der Waals surface area contributed by atoms with Gasteiger partial charge < -0.3 is 30.9 Å². The first-order valence-electron chi connectivity index (χ1n) is 19.7. The van der Waals surface area contributed by atoms with E-state index in [1.165, 1.54) is 71.0 Å². The molecule has 7 atom stereocenters. The number of carbonyl (C=O) groups is 6. The van der Waals surface area contributed by atoms with Gasteiger partial charge in [-0.25, -0.2) is 4.98 Å². The number of hydrogen-bond donors (Lipinski definition) is 4. The lowest BCUT2D eigenvalue weighted by Crippen LogP contribution is -2.61. The van der Waals surface area contributed by atoms with Crippen LogP contribution in [0.15, 0.2) is 18.6 Å². The van der Waals surface area contributed by atoms with Crippen LogP contribution < -0.4 is 21.3 Å². The summed E-state index contributed by atoms with van der Waals surface area (Å²) in [7, 11) is 0. The second-order valence-corrected chi connectivity index (χ2v) is 16.2. The molecular weight excluding hydrogens is 678 g/mol. The van der Waals surface area contributed by atoms with Gasteiger partial charge >= 0.3 is 5.97 Å². The highest BCUT2D eigenvalue weighted by Gasteiger charge is 2.52. The molecule has 0 bridgehead atoms. The molecule has 5 rings (SSSR count). The van der Waals surface area contributed by atoms with E-state index in [4.69, 9.17) is 4.74 Å². The summed E-state index contributed by atoms with van der Waals surface area (Å²) >= 11 is 0. The number of likely N-dealkylation sites (tertiary alicyclic amines) is 1. The van der Waals surface area contributed by atoms with Crippen molar-refractivity contribution >= 4 is 35.5 Å². The minimum Gasteiger partial charge on any atom is -0.450 e. The van der Waals surface area contributed by atoms with E-state index >= 15 is 0 Å². The van der Waals surface area contributed by atoms with E-state index < -0.39 is 71.2 Å². The summed E-state index contributed by atoms with van der Waals surface area (Å²) in [6.07, 6.45) is 17.1. The Morgan fingerprint density at radius 2 is 1.57 bits per heavy atom. The lowest BCUT2D eigenvalue weighted by molar-refractivity contribution is -0.157. The molecule has 1 aromatic heterocycles. The van der Waals surface area contributed by atoms with Gasteiger partial charge in [-0.2, -0.15) is 0 Å². The molecule has 53 heavy (non-hydrogen) atoms. The molecule has 1 saturated heterocycles. The van der Waals surface area contributed by atoms with E-state index in [9.17, 15) is 28.8 Å². The Bertz CT molecular complexity index is 1440. The smallest absolute Gasteiger partial charge is 0.303 e. The summed E-state index contributed by atoms with van der Waals surface area (Å²) < 4.78 is 5.45. The van der Waals surface area contributed by atoms with E-state index in [-0.39, 0.29) is 29.3 Å². The lowest BCUT2D eigenvalue weighted by atomic mass is 9.85. The first-order chi connectivity index (χ1) is 25.2. The van der Waals surface area contributed by atoms with Crippen molar-refractivity contribution in [1.29, 1.82) is 0 Å². The minimum atomic E-state index is -1.21. The molecule has 0 radical (unpaired) electrons. The Kier molecular flexibility index (Phi) is 15.2. The molecule has 5 amide bonds. The van der Waals surface area contributed by atoms with E-state index in [0.717, 1.165) is 32.1 Å². The summed E-state index contributed by atoms with van der Waals surface area (Å²) in [4.78, 5) is 89.0. The van der Waals surface area contributed by atoms with Gasteiger partial charge in [0.15, 0.2) is 6.10 Å². The largest absolute Gasteiger partial charge is 0.450 e. The quantitative estimate of drug-likeness (QED) is 0.210. The van der Waals surface area contributed by atoms with E-state index in [2.05, 4.69) is 31.2 Å². The number of fused-ring (bicyclic) bond motifs is 1. The van der Waals surface area contributed by atoms with Crippen LogP contribution in [-0.4, -0.2) is 93.2 Å². The van der Waals surface area contributed by atoms with Gasteiger partial charge in [-0.1, -0.05) is 79.1 Å². The molecular formula is C39H69N7O7. The van der Waals surface area contributed by atoms with Gasteiger partial charge in [0.25, 0.3) is 11.8 Å². The van der Waals surface area contributed by atoms with Crippen LogP contribution in [0.3, 0.4) is 0 Å². The average Bonchev–Trinajstić information content (AvgIpc) is 3.69. The van der Waals surface area contributed by atoms with Gasteiger partial charge in [0.1, 0.15) is 23.8 Å². The van der Waals surface area contributed by atoms with Crippen molar-refractivity contribution in [2.75, 3.05) is 6.54 Å². The van der Waals surface area contributed by atoms with Crippen molar-refractivity contribution < 1.29 is 39.2 Å². The number of nitrogens with zero attached hydrogens (tertiary/aromatic N) is 3. The lowest BCUT2D eigenvalue weighted by Gasteiger charge is -2.37. The minimum absolute atomic E-state index is 0. The fourth-order valence-electron chi connectivity index (χ4n) is 7.65. The maximum Gasteiger partial charge on any atom is 0.303 e. The van der Waals surface area contributed by atoms with Crippen molar-refractivity contribution in [3.63, 3.8) is 0 Å². The third kappa shape index (κ3) is 11.9. The highest BCUT2D eigenvalue weighted by atomic mass is 16.5. The third-order valence-corrected chi connectivity index (χ3v) is 10.6. The zero-order valence-corrected chi connectivity index (χ0v) is 32.4. The van der Waals surface area contributed by atoms with Gasteiger partial charge in [0, 0.05) is 37.6 Å². The van der Waals surface area contributed by atoms with Crippen LogP contribution in [0.4, 0.5) is 0 Å². The zero-order chi connectivity index (χ0) is 38.7. The summed E-state index contributed by atoms with van der Waals surface area (Å²) in [6.45, 7) is 10.5.